The van der Waals surface area contributed by atoms with Crippen molar-refractivity contribution >= 4 is 34.7 Å². The quantitative estimate of drug-likeness (QED) is 0.530. The Morgan fingerprint density at radius 2 is 1.86 bits per heavy atom. The Hall–Kier alpha value is -3.32. The monoisotopic (exact) mass is 528 g/mol. The zero-order chi connectivity index (χ0) is 26.4. The molecule has 0 saturated carbocycles. The first-order valence-electron chi connectivity index (χ1n) is 11.1. The first kappa shape index (κ1) is 25.8. The Kier molecular flexibility index (Phi) is 6.88. The van der Waals surface area contributed by atoms with Crippen LogP contribution in [0.25, 0.3) is 11.2 Å². The van der Waals surface area contributed by atoms with Gasteiger partial charge < -0.3 is 15.3 Å². The normalized spacial score (nSPS) is 19.3. The molecule has 0 amide bonds. The molecule has 2 fully saturated rings. The number of nitrogens with one attached hydrogen (secondary N) is 1. The highest BCUT2D eigenvalue weighted by molar-refractivity contribution is 6.31. The van der Waals surface area contributed by atoms with Crippen molar-refractivity contribution in [1.82, 2.24) is 24.0 Å². The SMILES string of the molecule is Cn1c(=O)c2c(nc(N3CCC4CNCC43)n2Cc2ccccc2Cl)n(C)c1=O.O=C(O)C(F)(F)F. The van der Waals surface area contributed by atoms with Crippen molar-refractivity contribution in [3.8, 4) is 0 Å². The van der Waals surface area contributed by atoms with Crippen LogP contribution in [0.5, 0.6) is 0 Å². The summed E-state index contributed by atoms with van der Waals surface area (Å²) in [5, 5.41) is 11.2. The molecule has 14 heteroatoms. The first-order valence-corrected chi connectivity index (χ1v) is 11.5. The maximum atomic E-state index is 13.1. The van der Waals surface area contributed by atoms with Gasteiger partial charge in [-0.1, -0.05) is 29.8 Å². The molecule has 2 aliphatic rings. The second-order valence-electron chi connectivity index (χ2n) is 8.74. The molecule has 2 saturated heterocycles. The van der Waals surface area contributed by atoms with E-state index in [2.05, 4.69) is 10.2 Å². The summed E-state index contributed by atoms with van der Waals surface area (Å²) in [6.45, 7) is 3.21. The van der Waals surface area contributed by atoms with E-state index in [1.165, 1.54) is 11.6 Å². The molecular weight excluding hydrogens is 505 g/mol. The number of fused-ring (bicyclic) bond motifs is 2. The number of aliphatic carboxylic acids is 1. The van der Waals surface area contributed by atoms with Crippen LogP contribution in [-0.4, -0.2) is 61.6 Å². The molecule has 2 aromatic heterocycles. The lowest BCUT2D eigenvalue weighted by Crippen LogP contribution is -2.38. The van der Waals surface area contributed by atoms with Crippen molar-refractivity contribution in [2.45, 2.75) is 25.2 Å². The van der Waals surface area contributed by atoms with Gasteiger partial charge in [-0.3, -0.25) is 18.5 Å². The van der Waals surface area contributed by atoms with E-state index in [1.54, 1.807) is 7.05 Å². The maximum absolute atomic E-state index is 13.1. The highest BCUT2D eigenvalue weighted by Crippen LogP contribution is 2.33. The number of alkyl halides is 3. The van der Waals surface area contributed by atoms with E-state index in [1.807, 2.05) is 28.8 Å². The fourth-order valence-corrected chi connectivity index (χ4v) is 4.89. The molecule has 0 spiro atoms. The van der Waals surface area contributed by atoms with E-state index in [9.17, 15) is 22.8 Å². The Morgan fingerprint density at radius 3 is 2.50 bits per heavy atom. The van der Waals surface area contributed by atoms with Crippen LogP contribution in [0.3, 0.4) is 0 Å². The van der Waals surface area contributed by atoms with Crippen molar-refractivity contribution < 1.29 is 23.1 Å². The van der Waals surface area contributed by atoms with Gasteiger partial charge in [0.1, 0.15) is 0 Å². The third-order valence-electron chi connectivity index (χ3n) is 6.56. The number of aromatic nitrogens is 4. The number of imidazole rings is 1. The Balaban J connectivity index is 0.000000384. The zero-order valence-electron chi connectivity index (χ0n) is 19.4. The number of hydrogen-bond donors (Lipinski definition) is 2. The smallest absolute Gasteiger partial charge is 0.475 e. The Labute approximate surface area is 207 Å². The molecule has 4 heterocycles. The summed E-state index contributed by atoms with van der Waals surface area (Å²) in [6.07, 6.45) is -4.00. The molecule has 3 aromatic rings. The third-order valence-corrected chi connectivity index (χ3v) is 6.93. The van der Waals surface area contributed by atoms with E-state index in [-0.39, 0.29) is 11.2 Å². The lowest BCUT2D eigenvalue weighted by Gasteiger charge is -2.25. The van der Waals surface area contributed by atoms with Crippen LogP contribution in [0.15, 0.2) is 33.9 Å². The van der Waals surface area contributed by atoms with Crippen molar-refractivity contribution in [2.24, 2.45) is 20.0 Å². The standard InChI is InChI=1S/C20H23ClN6O2.C2HF3O2/c1-24-17-16(18(28)25(2)20(24)29)27(11-13-5-3-4-6-14(13)21)19(23-17)26-8-7-12-9-22-10-15(12)26;3-2(4,5)1(6)7/h3-6,12,15,22H,7-11H2,1-2H3;(H,6,7). The van der Waals surface area contributed by atoms with Gasteiger partial charge in [-0.15, -0.1) is 0 Å². The number of carboxylic acids is 1. The van der Waals surface area contributed by atoms with E-state index in [0.29, 0.717) is 34.7 Å². The number of rotatable bonds is 3. The molecule has 2 N–H and O–H groups in total. The minimum Gasteiger partial charge on any atom is -0.475 e. The average Bonchev–Trinajstić information content (AvgIpc) is 3.52. The molecule has 1 aromatic carbocycles. The molecule has 2 unspecified atom stereocenters. The first-order chi connectivity index (χ1) is 16.9. The number of benzene rings is 1. The average molecular weight is 529 g/mol. The number of nitrogens with zero attached hydrogens (tertiary/aromatic N) is 5. The van der Waals surface area contributed by atoms with Gasteiger partial charge in [0, 0.05) is 44.8 Å². The van der Waals surface area contributed by atoms with Gasteiger partial charge in [0.25, 0.3) is 5.56 Å². The van der Waals surface area contributed by atoms with Gasteiger partial charge in [0.05, 0.1) is 6.54 Å². The summed E-state index contributed by atoms with van der Waals surface area (Å²) in [7, 11) is 3.16. The topological polar surface area (TPSA) is 114 Å². The van der Waals surface area contributed by atoms with Crippen LogP contribution >= 0.6 is 11.6 Å². The predicted molar refractivity (Wildman–Crippen MR) is 127 cm³/mol. The minimum absolute atomic E-state index is 0.339. The fraction of sp³-hybridized carbons (Fsp3) is 0.455. The molecule has 36 heavy (non-hydrogen) atoms. The second-order valence-corrected chi connectivity index (χ2v) is 9.15. The Morgan fingerprint density at radius 1 is 1.19 bits per heavy atom. The van der Waals surface area contributed by atoms with Crippen molar-refractivity contribution in [1.29, 1.82) is 0 Å². The number of anilines is 1. The number of hydrogen-bond acceptors (Lipinski definition) is 6. The van der Waals surface area contributed by atoms with Crippen LogP contribution < -0.4 is 21.5 Å². The van der Waals surface area contributed by atoms with E-state index >= 15 is 0 Å². The predicted octanol–water partition coefficient (Wildman–Crippen LogP) is 1.57. The summed E-state index contributed by atoms with van der Waals surface area (Å²) < 4.78 is 36.3. The Bertz CT molecular complexity index is 1430. The highest BCUT2D eigenvalue weighted by Gasteiger charge is 2.40. The molecule has 0 aliphatic carbocycles. The summed E-state index contributed by atoms with van der Waals surface area (Å²) >= 11 is 6.43. The molecule has 194 valence electrons. The van der Waals surface area contributed by atoms with Crippen LogP contribution in [0.1, 0.15) is 12.0 Å². The van der Waals surface area contributed by atoms with Gasteiger partial charge in [-0.25, -0.2) is 9.59 Å². The summed E-state index contributed by atoms with van der Waals surface area (Å²) in [6, 6.07) is 7.96. The number of halogens is 4. The van der Waals surface area contributed by atoms with Crippen LogP contribution in [0.4, 0.5) is 19.1 Å². The number of aryl methyl sites for hydroxylation is 1. The third kappa shape index (κ3) is 4.60. The molecule has 0 radical (unpaired) electrons. The summed E-state index contributed by atoms with van der Waals surface area (Å²) in [5.41, 5.74) is 1.03. The van der Waals surface area contributed by atoms with Crippen molar-refractivity contribution in [3.63, 3.8) is 0 Å². The van der Waals surface area contributed by atoms with Gasteiger partial charge >= 0.3 is 17.8 Å². The lowest BCUT2D eigenvalue weighted by atomic mass is 10.1. The summed E-state index contributed by atoms with van der Waals surface area (Å²) in [5.74, 6) is -1.45. The number of carboxylic acid groups (broad SMARTS) is 1. The van der Waals surface area contributed by atoms with Crippen LogP contribution in [0, 0.1) is 5.92 Å². The molecule has 2 aliphatic heterocycles. The van der Waals surface area contributed by atoms with E-state index in [4.69, 9.17) is 26.5 Å². The van der Waals surface area contributed by atoms with E-state index in [0.717, 1.165) is 42.1 Å². The molecule has 5 rings (SSSR count). The van der Waals surface area contributed by atoms with Gasteiger partial charge in [-0.05, 0) is 24.0 Å². The fourth-order valence-electron chi connectivity index (χ4n) is 4.70. The molecule has 2 atom stereocenters. The van der Waals surface area contributed by atoms with Gasteiger partial charge in [0.2, 0.25) is 5.95 Å². The maximum Gasteiger partial charge on any atom is 0.490 e. The highest BCUT2D eigenvalue weighted by atomic mass is 35.5. The largest absolute Gasteiger partial charge is 0.490 e. The van der Waals surface area contributed by atoms with Gasteiger partial charge in [0.15, 0.2) is 11.2 Å². The second kappa shape index (κ2) is 9.62. The lowest BCUT2D eigenvalue weighted by molar-refractivity contribution is -0.192. The number of carbonyl (C=O) groups is 1. The van der Waals surface area contributed by atoms with Crippen molar-refractivity contribution in [3.05, 3.63) is 55.7 Å². The molecular formula is C22H24ClF3N6O4. The van der Waals surface area contributed by atoms with Crippen LogP contribution in [-0.2, 0) is 25.4 Å². The molecule has 0 bridgehead atoms. The zero-order valence-corrected chi connectivity index (χ0v) is 20.2. The van der Waals surface area contributed by atoms with Crippen molar-refractivity contribution in [2.75, 3.05) is 24.5 Å². The molecule has 10 nitrogen and oxygen atoms in total. The van der Waals surface area contributed by atoms with Crippen LogP contribution in [0.2, 0.25) is 5.02 Å². The summed E-state index contributed by atoms with van der Waals surface area (Å²) in [4.78, 5) is 41.5. The minimum atomic E-state index is -5.08. The van der Waals surface area contributed by atoms with E-state index < -0.39 is 12.1 Å². The van der Waals surface area contributed by atoms with Gasteiger partial charge in [-0.2, -0.15) is 18.2 Å².